The summed E-state index contributed by atoms with van der Waals surface area (Å²) in [4.78, 5) is 0. The van der Waals surface area contributed by atoms with Crippen LogP contribution in [-0.2, 0) is 6.54 Å². The number of ether oxygens (including phenoxy) is 1. The van der Waals surface area contributed by atoms with Crippen LogP contribution in [0.4, 0.5) is 8.78 Å². The number of nitrogens with one attached hydrogen (secondary N) is 1. The van der Waals surface area contributed by atoms with Gasteiger partial charge >= 0.3 is 6.61 Å². The standard InChI is InChI=1S/C11H12BrF2NO/c1-8(12)6-15-7-9-2-4-10(5-3-9)16-11(13)14/h2-5,11,15H,1,6-7H2. The van der Waals surface area contributed by atoms with Crippen LogP contribution in [0.15, 0.2) is 35.3 Å². The molecule has 2 nitrogen and oxygen atoms in total. The maximum absolute atomic E-state index is 11.9. The molecule has 1 N–H and O–H groups in total. The molecule has 16 heavy (non-hydrogen) atoms. The van der Waals surface area contributed by atoms with E-state index in [9.17, 15) is 8.78 Å². The van der Waals surface area contributed by atoms with Crippen LogP contribution in [0, 0.1) is 0 Å². The lowest BCUT2D eigenvalue weighted by Gasteiger charge is -2.06. The molecule has 5 heteroatoms. The van der Waals surface area contributed by atoms with Gasteiger partial charge in [0.25, 0.3) is 0 Å². The van der Waals surface area contributed by atoms with Crippen molar-refractivity contribution in [3.8, 4) is 5.75 Å². The summed E-state index contributed by atoms with van der Waals surface area (Å²) < 4.78 is 28.8. The summed E-state index contributed by atoms with van der Waals surface area (Å²) >= 11 is 3.23. The number of hydrogen-bond donors (Lipinski definition) is 1. The zero-order valence-electron chi connectivity index (χ0n) is 8.55. The van der Waals surface area contributed by atoms with Gasteiger partial charge in [0, 0.05) is 17.6 Å². The highest BCUT2D eigenvalue weighted by Gasteiger charge is 2.03. The van der Waals surface area contributed by atoms with E-state index in [1.54, 1.807) is 12.1 Å². The van der Waals surface area contributed by atoms with Crippen LogP contribution < -0.4 is 10.1 Å². The largest absolute Gasteiger partial charge is 0.435 e. The Bertz CT molecular complexity index is 340. The van der Waals surface area contributed by atoms with Crippen molar-refractivity contribution in [2.45, 2.75) is 13.2 Å². The van der Waals surface area contributed by atoms with E-state index in [2.05, 4.69) is 32.6 Å². The summed E-state index contributed by atoms with van der Waals surface area (Å²) in [5.41, 5.74) is 0.996. The van der Waals surface area contributed by atoms with Crippen molar-refractivity contribution in [2.24, 2.45) is 0 Å². The lowest BCUT2D eigenvalue weighted by molar-refractivity contribution is -0.0498. The molecule has 0 aliphatic rings. The van der Waals surface area contributed by atoms with Crippen molar-refractivity contribution >= 4 is 15.9 Å². The third kappa shape index (κ3) is 5.23. The van der Waals surface area contributed by atoms with Crippen molar-refractivity contribution < 1.29 is 13.5 Å². The predicted octanol–water partition coefficient (Wildman–Crippen LogP) is 3.29. The summed E-state index contributed by atoms with van der Waals surface area (Å²) in [7, 11) is 0. The lowest BCUT2D eigenvalue weighted by Crippen LogP contribution is -2.14. The van der Waals surface area contributed by atoms with E-state index >= 15 is 0 Å². The molecule has 0 aromatic heterocycles. The molecule has 0 spiro atoms. The minimum atomic E-state index is -2.78. The molecule has 0 heterocycles. The van der Waals surface area contributed by atoms with Gasteiger partial charge in [-0.15, -0.1) is 0 Å². The molecule has 0 aliphatic heterocycles. The molecule has 0 bridgehead atoms. The zero-order chi connectivity index (χ0) is 12.0. The topological polar surface area (TPSA) is 21.3 Å². The molecule has 88 valence electrons. The molecule has 0 aliphatic carbocycles. The van der Waals surface area contributed by atoms with Crippen LogP contribution in [-0.4, -0.2) is 13.2 Å². The first-order valence-corrected chi connectivity index (χ1v) is 5.45. The van der Waals surface area contributed by atoms with Gasteiger partial charge < -0.3 is 10.1 Å². The molecule has 0 atom stereocenters. The molecular formula is C11H12BrF2NO. The minimum Gasteiger partial charge on any atom is -0.435 e. The van der Waals surface area contributed by atoms with Gasteiger partial charge in [0.05, 0.1) is 0 Å². The lowest BCUT2D eigenvalue weighted by atomic mass is 10.2. The monoisotopic (exact) mass is 291 g/mol. The SMILES string of the molecule is C=C(Br)CNCc1ccc(OC(F)F)cc1. The molecule has 0 saturated heterocycles. The number of alkyl halides is 2. The molecular weight excluding hydrogens is 280 g/mol. The first-order valence-electron chi connectivity index (χ1n) is 4.65. The van der Waals surface area contributed by atoms with E-state index in [-0.39, 0.29) is 5.75 Å². The fraction of sp³-hybridized carbons (Fsp3) is 0.273. The number of hydrogen-bond acceptors (Lipinski definition) is 2. The van der Waals surface area contributed by atoms with E-state index in [1.165, 1.54) is 12.1 Å². The summed E-state index contributed by atoms with van der Waals surface area (Å²) in [5.74, 6) is 0.170. The molecule has 0 amide bonds. The maximum Gasteiger partial charge on any atom is 0.387 e. The molecule has 1 aromatic carbocycles. The maximum atomic E-state index is 11.9. The fourth-order valence-electron chi connectivity index (χ4n) is 1.13. The number of benzene rings is 1. The summed E-state index contributed by atoms with van der Waals surface area (Å²) in [6, 6.07) is 6.52. The first-order chi connectivity index (χ1) is 7.58. The van der Waals surface area contributed by atoms with E-state index < -0.39 is 6.61 Å². The third-order valence-electron chi connectivity index (χ3n) is 1.79. The quantitative estimate of drug-likeness (QED) is 0.868. The molecule has 0 saturated carbocycles. The molecule has 0 fully saturated rings. The van der Waals surface area contributed by atoms with Gasteiger partial charge in [-0.05, 0) is 17.7 Å². The Kier molecular flexibility index (Phi) is 5.42. The van der Waals surface area contributed by atoms with Crippen LogP contribution in [0.3, 0.4) is 0 Å². The van der Waals surface area contributed by atoms with Crippen molar-refractivity contribution in [3.05, 3.63) is 40.9 Å². The normalized spacial score (nSPS) is 10.5. The van der Waals surface area contributed by atoms with Gasteiger partial charge in [-0.1, -0.05) is 34.6 Å². The highest BCUT2D eigenvalue weighted by Crippen LogP contribution is 2.14. The van der Waals surface area contributed by atoms with E-state index in [4.69, 9.17) is 0 Å². The molecule has 1 aromatic rings. The van der Waals surface area contributed by atoms with Crippen LogP contribution in [0.25, 0.3) is 0 Å². The van der Waals surface area contributed by atoms with Crippen molar-refractivity contribution in [1.82, 2.24) is 5.32 Å². The Morgan fingerprint density at radius 1 is 1.38 bits per heavy atom. The predicted molar refractivity (Wildman–Crippen MR) is 62.8 cm³/mol. The van der Waals surface area contributed by atoms with Gasteiger partial charge in [-0.3, -0.25) is 0 Å². The van der Waals surface area contributed by atoms with Crippen molar-refractivity contribution in [1.29, 1.82) is 0 Å². The molecule has 0 unspecified atom stereocenters. The smallest absolute Gasteiger partial charge is 0.387 e. The summed E-state index contributed by atoms with van der Waals surface area (Å²) in [5, 5.41) is 3.13. The zero-order valence-corrected chi connectivity index (χ0v) is 10.1. The summed E-state index contributed by atoms with van der Waals surface area (Å²) in [6.45, 7) is 2.22. The van der Waals surface area contributed by atoms with Crippen molar-refractivity contribution in [3.63, 3.8) is 0 Å². The average molecular weight is 292 g/mol. The van der Waals surface area contributed by atoms with Crippen molar-refractivity contribution in [2.75, 3.05) is 6.54 Å². The highest BCUT2D eigenvalue weighted by molar-refractivity contribution is 9.11. The number of halogens is 3. The van der Waals surface area contributed by atoms with E-state index in [1.807, 2.05) is 0 Å². The van der Waals surface area contributed by atoms with Gasteiger partial charge in [0.15, 0.2) is 0 Å². The van der Waals surface area contributed by atoms with Crippen LogP contribution in [0.1, 0.15) is 5.56 Å². The number of rotatable bonds is 6. The van der Waals surface area contributed by atoms with Crippen LogP contribution >= 0.6 is 15.9 Å². The van der Waals surface area contributed by atoms with Gasteiger partial charge in [-0.2, -0.15) is 8.78 Å². The van der Waals surface area contributed by atoms with Crippen LogP contribution in [0.5, 0.6) is 5.75 Å². The van der Waals surface area contributed by atoms with Gasteiger partial charge in [-0.25, -0.2) is 0 Å². The van der Waals surface area contributed by atoms with Gasteiger partial charge in [0.1, 0.15) is 5.75 Å². The Labute approximate surface area is 101 Å². The highest BCUT2D eigenvalue weighted by atomic mass is 79.9. The first kappa shape index (κ1) is 13.1. The third-order valence-corrected chi connectivity index (χ3v) is 2.07. The summed E-state index contributed by atoms with van der Waals surface area (Å²) in [6.07, 6.45) is 0. The average Bonchev–Trinajstić information content (AvgIpc) is 2.19. The van der Waals surface area contributed by atoms with E-state index in [0.717, 1.165) is 10.0 Å². The minimum absolute atomic E-state index is 0.170. The second kappa shape index (κ2) is 6.60. The van der Waals surface area contributed by atoms with E-state index in [0.29, 0.717) is 13.1 Å². The molecule has 1 rings (SSSR count). The Hall–Kier alpha value is -0.940. The second-order valence-corrected chi connectivity index (χ2v) is 4.26. The Morgan fingerprint density at radius 2 is 2.00 bits per heavy atom. The Balaban J connectivity index is 2.42. The van der Waals surface area contributed by atoms with Gasteiger partial charge in [0.2, 0.25) is 0 Å². The fourth-order valence-corrected chi connectivity index (χ4v) is 1.33. The Morgan fingerprint density at radius 3 is 2.50 bits per heavy atom. The van der Waals surface area contributed by atoms with Crippen LogP contribution in [0.2, 0.25) is 0 Å². The second-order valence-electron chi connectivity index (χ2n) is 3.14. The molecule has 0 radical (unpaired) electrons.